The minimum absolute atomic E-state index is 0.149. The summed E-state index contributed by atoms with van der Waals surface area (Å²) in [5.74, 6) is -0.314. The van der Waals surface area contributed by atoms with Crippen LogP contribution in [0.1, 0.15) is 51.9 Å². The third kappa shape index (κ3) is 19.1. The maximum absolute atomic E-state index is 11.6. The highest BCUT2D eigenvalue weighted by Crippen LogP contribution is 2.01. The number of nitriles is 1. The number of nitrogens with one attached hydrogen (secondary N) is 1. The van der Waals surface area contributed by atoms with Gasteiger partial charge in [-0.15, -0.1) is 0 Å². The zero-order chi connectivity index (χ0) is 23.5. The molecule has 0 aliphatic carbocycles. The van der Waals surface area contributed by atoms with Gasteiger partial charge in [0.15, 0.2) is 0 Å². The molecule has 1 amide bonds. The lowest BCUT2D eigenvalue weighted by Crippen LogP contribution is -2.38. The van der Waals surface area contributed by atoms with Crippen LogP contribution in [0.4, 0.5) is 0 Å². The van der Waals surface area contributed by atoms with E-state index in [4.69, 9.17) is 31.3 Å². The van der Waals surface area contributed by atoms with E-state index in [0.29, 0.717) is 17.6 Å². The van der Waals surface area contributed by atoms with Crippen molar-refractivity contribution in [3.63, 3.8) is 0 Å². The van der Waals surface area contributed by atoms with Gasteiger partial charge in [-0.1, -0.05) is 12.1 Å². The number of benzene rings is 1. The summed E-state index contributed by atoms with van der Waals surface area (Å²) in [4.78, 5) is 11.6. The molecule has 9 nitrogen and oxygen atoms in total. The fraction of sp³-hybridized carbons (Fsp3) is 0.579. The Morgan fingerprint density at radius 3 is 1.66 bits per heavy atom. The quantitative estimate of drug-likeness (QED) is 0.235. The fourth-order valence-electron chi connectivity index (χ4n) is 1.21. The first-order valence-electron chi connectivity index (χ1n) is 8.94. The molecule has 0 aliphatic rings. The van der Waals surface area contributed by atoms with Gasteiger partial charge in [-0.2, -0.15) is 5.26 Å². The summed E-state index contributed by atoms with van der Waals surface area (Å²) in [6.45, 7) is 9.89. The molecule has 0 radical (unpaired) electrons. The first-order chi connectivity index (χ1) is 12.9. The first kappa shape index (κ1) is 29.2. The molecule has 0 atom stereocenters. The van der Waals surface area contributed by atoms with Crippen molar-refractivity contribution in [1.29, 1.82) is 5.26 Å². The topological polar surface area (TPSA) is 180 Å². The van der Waals surface area contributed by atoms with Gasteiger partial charge in [0, 0.05) is 18.7 Å². The molecule has 0 aromatic heterocycles. The van der Waals surface area contributed by atoms with Gasteiger partial charge in [0.05, 0.1) is 17.3 Å². The number of aliphatic hydroxyl groups is 3. The van der Waals surface area contributed by atoms with Gasteiger partial charge in [-0.25, -0.2) is 0 Å². The molecule has 29 heavy (non-hydrogen) atoms. The summed E-state index contributed by atoms with van der Waals surface area (Å²) in [5.41, 5.74) is 2.99. The van der Waals surface area contributed by atoms with Crippen molar-refractivity contribution < 1.29 is 30.2 Å². The van der Waals surface area contributed by atoms with E-state index in [1.165, 1.54) is 38.1 Å². The Kier molecular flexibility index (Phi) is 12.6. The van der Waals surface area contributed by atoms with E-state index in [1.807, 2.05) is 0 Å². The normalized spacial score (nSPS) is 11.1. The van der Waals surface area contributed by atoms with Crippen LogP contribution in [-0.2, 0) is 0 Å². The van der Waals surface area contributed by atoms with Gasteiger partial charge in [0.25, 0.3) is 5.91 Å². The molecule has 10 heteroatoms. The zero-order valence-electron chi connectivity index (χ0n) is 18.0. The number of nitrogens with zero attached hydrogens (tertiary/aromatic N) is 1. The second-order valence-corrected chi connectivity index (χ2v) is 8.18. The van der Waals surface area contributed by atoms with Crippen molar-refractivity contribution in [3.8, 4) is 6.07 Å². The number of rotatable bonds is 5. The highest BCUT2D eigenvalue weighted by molar-refractivity contribution is 6.58. The average Bonchev–Trinajstić information content (AvgIpc) is 2.59. The van der Waals surface area contributed by atoms with Crippen LogP contribution < -0.4 is 16.5 Å². The monoisotopic (exact) mass is 411 g/mol. The lowest BCUT2D eigenvalue weighted by molar-refractivity contribution is 0.0694. The predicted octanol–water partition coefficient (Wildman–Crippen LogP) is -1.14. The zero-order valence-corrected chi connectivity index (χ0v) is 18.0. The summed E-state index contributed by atoms with van der Waals surface area (Å²) in [7, 11) is -1.54. The number of hydrogen-bond acceptors (Lipinski definition) is 8. The molecular weight excluding hydrogens is 377 g/mol. The summed E-state index contributed by atoms with van der Waals surface area (Å²) in [6, 6.07) is 7.57. The molecule has 0 aliphatic heterocycles. The van der Waals surface area contributed by atoms with Crippen molar-refractivity contribution in [2.45, 2.75) is 58.3 Å². The number of amides is 1. The summed E-state index contributed by atoms with van der Waals surface area (Å²) < 4.78 is 0. The van der Waals surface area contributed by atoms with E-state index < -0.39 is 23.9 Å². The molecule has 0 bridgehead atoms. The van der Waals surface area contributed by atoms with Crippen LogP contribution >= 0.6 is 0 Å². The van der Waals surface area contributed by atoms with Crippen LogP contribution in [0.5, 0.6) is 0 Å². The molecule has 0 spiro atoms. The lowest BCUT2D eigenvalue weighted by Gasteiger charge is -2.17. The van der Waals surface area contributed by atoms with E-state index in [1.54, 1.807) is 33.8 Å². The Morgan fingerprint density at radius 1 is 1.03 bits per heavy atom. The van der Waals surface area contributed by atoms with Crippen molar-refractivity contribution in [2.75, 3.05) is 13.1 Å². The average molecular weight is 411 g/mol. The number of carbonyl (C=O) groups excluding carboxylic acids is 1. The maximum Gasteiger partial charge on any atom is 0.488 e. The Bertz CT molecular complexity index is 638. The molecule has 0 saturated carbocycles. The molecule has 0 fully saturated rings. The molecule has 1 aromatic carbocycles. The number of nitrogens with two attached hydrogens (primary N) is 1. The van der Waals surface area contributed by atoms with Crippen LogP contribution in [0, 0.1) is 11.3 Å². The van der Waals surface area contributed by atoms with Gasteiger partial charge in [0.2, 0.25) is 0 Å². The largest absolute Gasteiger partial charge is 0.488 e. The molecule has 8 N–H and O–H groups in total. The molecular formula is C19H34BN3O6. The third-order valence-electron chi connectivity index (χ3n) is 2.93. The fourth-order valence-corrected chi connectivity index (χ4v) is 1.21. The van der Waals surface area contributed by atoms with Gasteiger partial charge in [-0.05, 0) is 59.1 Å². The van der Waals surface area contributed by atoms with Crippen LogP contribution in [0.2, 0.25) is 0 Å². The standard InChI is InChI=1S/C11H16BNO4.C4H11NO.C4H7NO/c1-11(2,15)7-13-10(14)8-3-5-9(6-4-8)12(16)17;2*1-4(2,6)3-5/h3-6,15-17H,7H2,1-2H3,(H,13,14);6H,3,5H2,1-2H3;6H,1-2H3. The van der Waals surface area contributed by atoms with Crippen molar-refractivity contribution >= 4 is 18.5 Å². The summed E-state index contributed by atoms with van der Waals surface area (Å²) >= 11 is 0. The Hall–Kier alpha value is -2.00. The highest BCUT2D eigenvalue weighted by atomic mass is 16.4. The second kappa shape index (κ2) is 12.5. The van der Waals surface area contributed by atoms with Crippen molar-refractivity contribution in [2.24, 2.45) is 5.73 Å². The van der Waals surface area contributed by atoms with E-state index in [-0.39, 0.29) is 12.5 Å². The van der Waals surface area contributed by atoms with Crippen LogP contribution in [0.25, 0.3) is 0 Å². The summed E-state index contributed by atoms with van der Waals surface area (Å²) in [5, 5.41) is 54.9. The minimum atomic E-state index is -1.54. The molecule has 0 heterocycles. The molecule has 164 valence electrons. The second-order valence-electron chi connectivity index (χ2n) is 8.18. The maximum atomic E-state index is 11.6. The van der Waals surface area contributed by atoms with E-state index in [0.717, 1.165) is 0 Å². The molecule has 1 aromatic rings. The van der Waals surface area contributed by atoms with Gasteiger partial charge < -0.3 is 36.4 Å². The number of hydrogen-bond donors (Lipinski definition) is 7. The molecule has 1 rings (SSSR count). The first-order valence-corrected chi connectivity index (χ1v) is 8.94. The van der Waals surface area contributed by atoms with Gasteiger partial charge in [0.1, 0.15) is 5.60 Å². The van der Waals surface area contributed by atoms with Crippen molar-refractivity contribution in [1.82, 2.24) is 5.32 Å². The summed E-state index contributed by atoms with van der Waals surface area (Å²) in [6.07, 6.45) is 0. The highest BCUT2D eigenvalue weighted by Gasteiger charge is 2.16. The van der Waals surface area contributed by atoms with Gasteiger partial charge in [-0.3, -0.25) is 4.79 Å². The smallest absolute Gasteiger partial charge is 0.423 e. The van der Waals surface area contributed by atoms with E-state index in [2.05, 4.69) is 5.32 Å². The minimum Gasteiger partial charge on any atom is -0.423 e. The van der Waals surface area contributed by atoms with Crippen LogP contribution in [0.3, 0.4) is 0 Å². The third-order valence-corrected chi connectivity index (χ3v) is 2.93. The SMILES string of the molecule is CC(C)(O)C#N.CC(C)(O)CN.CC(C)(O)CNC(=O)c1ccc(B(O)O)cc1. The van der Waals surface area contributed by atoms with E-state index >= 15 is 0 Å². The Balaban J connectivity index is 0. The predicted molar refractivity (Wildman–Crippen MR) is 112 cm³/mol. The Labute approximate surface area is 172 Å². The van der Waals surface area contributed by atoms with E-state index in [9.17, 15) is 9.90 Å². The Morgan fingerprint density at radius 2 is 1.41 bits per heavy atom. The van der Waals surface area contributed by atoms with Crippen LogP contribution in [-0.4, -0.2) is 68.3 Å². The van der Waals surface area contributed by atoms with Gasteiger partial charge >= 0.3 is 7.12 Å². The molecule has 0 saturated heterocycles. The lowest BCUT2D eigenvalue weighted by atomic mass is 9.80. The van der Waals surface area contributed by atoms with Crippen molar-refractivity contribution in [3.05, 3.63) is 29.8 Å². The number of carbonyl (C=O) groups is 1. The van der Waals surface area contributed by atoms with Crippen LogP contribution in [0.15, 0.2) is 24.3 Å². The molecule has 0 unspecified atom stereocenters.